The summed E-state index contributed by atoms with van der Waals surface area (Å²) in [6.07, 6.45) is 0.792. The Morgan fingerprint density at radius 3 is 2.78 bits per heavy atom. The molecule has 0 saturated heterocycles. The Kier molecular flexibility index (Phi) is 1.53. The molecule has 0 spiro atoms. The van der Waals surface area contributed by atoms with E-state index in [1.54, 1.807) is 0 Å². The molecular weight excluding hydrogens is 120 g/mol. The molecule has 0 aromatic carbocycles. The Morgan fingerprint density at radius 2 is 2.56 bits per heavy atom. The van der Waals surface area contributed by atoms with Gasteiger partial charge in [-0.1, -0.05) is 0 Å². The number of hydrogen-bond donors (Lipinski definition) is 1. The number of aliphatic hydroxyl groups is 1. The molecule has 1 rings (SSSR count). The first-order valence-corrected chi connectivity index (χ1v) is 2.70. The van der Waals surface area contributed by atoms with Crippen LogP contribution in [0.2, 0.25) is 0 Å². The summed E-state index contributed by atoms with van der Waals surface area (Å²) < 4.78 is 4.73. The minimum absolute atomic E-state index is 0.258. The van der Waals surface area contributed by atoms with Crippen molar-refractivity contribution in [3.8, 4) is 0 Å². The maximum atomic E-state index is 10.5. The highest BCUT2D eigenvalue weighted by Gasteiger charge is 2.22. The fourth-order valence-electron chi connectivity index (χ4n) is 0.747. The first-order chi connectivity index (χ1) is 4.24. The molecule has 0 fully saturated rings. The van der Waals surface area contributed by atoms with E-state index in [9.17, 15) is 4.79 Å². The molecule has 0 bridgehead atoms. The standard InChI is InChI=1S/C6H8O3/c1-9-4-2-5(7)6(8)3-4/h2,6,8H,3H2,1H3. The summed E-state index contributed by atoms with van der Waals surface area (Å²) in [7, 11) is 1.48. The fraction of sp³-hybridized carbons (Fsp3) is 0.500. The van der Waals surface area contributed by atoms with Crippen LogP contribution in [-0.2, 0) is 9.53 Å². The average molecular weight is 128 g/mol. The van der Waals surface area contributed by atoms with Gasteiger partial charge in [0.1, 0.15) is 11.9 Å². The van der Waals surface area contributed by atoms with Gasteiger partial charge < -0.3 is 9.84 Å². The summed E-state index contributed by atoms with van der Waals surface area (Å²) in [6, 6.07) is 0. The molecule has 1 atom stereocenters. The molecule has 0 saturated carbocycles. The van der Waals surface area contributed by atoms with Gasteiger partial charge in [0.05, 0.1) is 7.11 Å². The van der Waals surface area contributed by atoms with Gasteiger partial charge in [0.15, 0.2) is 5.78 Å². The summed E-state index contributed by atoms with van der Waals surface area (Å²) in [5.41, 5.74) is 0. The molecule has 0 aromatic heterocycles. The second-order valence-electron chi connectivity index (χ2n) is 1.94. The number of ketones is 1. The molecule has 50 valence electrons. The highest BCUT2D eigenvalue weighted by Crippen LogP contribution is 2.15. The lowest BCUT2D eigenvalue weighted by Gasteiger charge is -1.98. The zero-order chi connectivity index (χ0) is 6.85. The molecule has 0 amide bonds. The number of hydrogen-bond acceptors (Lipinski definition) is 3. The van der Waals surface area contributed by atoms with Crippen molar-refractivity contribution >= 4 is 5.78 Å². The van der Waals surface area contributed by atoms with Crippen LogP contribution in [0.3, 0.4) is 0 Å². The molecule has 0 aliphatic heterocycles. The van der Waals surface area contributed by atoms with Crippen molar-refractivity contribution in [3.63, 3.8) is 0 Å². The van der Waals surface area contributed by atoms with Crippen LogP contribution < -0.4 is 0 Å². The lowest BCUT2D eigenvalue weighted by atomic mass is 10.3. The van der Waals surface area contributed by atoms with Gasteiger partial charge in [0.2, 0.25) is 0 Å². The van der Waals surface area contributed by atoms with Crippen LogP contribution in [0.15, 0.2) is 11.8 Å². The van der Waals surface area contributed by atoms with Crippen molar-refractivity contribution in [2.24, 2.45) is 0 Å². The van der Waals surface area contributed by atoms with Gasteiger partial charge in [0, 0.05) is 12.5 Å². The van der Waals surface area contributed by atoms with E-state index in [0.717, 1.165) is 0 Å². The lowest BCUT2D eigenvalue weighted by molar-refractivity contribution is -0.121. The van der Waals surface area contributed by atoms with Crippen LogP contribution in [0.25, 0.3) is 0 Å². The summed E-state index contributed by atoms with van der Waals surface area (Å²) in [6.45, 7) is 0. The zero-order valence-corrected chi connectivity index (χ0v) is 5.13. The van der Waals surface area contributed by atoms with E-state index in [-0.39, 0.29) is 5.78 Å². The van der Waals surface area contributed by atoms with E-state index in [1.165, 1.54) is 13.2 Å². The summed E-state index contributed by atoms with van der Waals surface area (Å²) in [5.74, 6) is 0.305. The van der Waals surface area contributed by atoms with E-state index in [4.69, 9.17) is 9.84 Å². The smallest absolute Gasteiger partial charge is 0.187 e. The summed E-state index contributed by atoms with van der Waals surface area (Å²) in [4.78, 5) is 10.5. The van der Waals surface area contributed by atoms with Gasteiger partial charge >= 0.3 is 0 Å². The molecule has 1 N–H and O–H groups in total. The van der Waals surface area contributed by atoms with Crippen LogP contribution in [0.5, 0.6) is 0 Å². The van der Waals surface area contributed by atoms with Crippen molar-refractivity contribution in [2.45, 2.75) is 12.5 Å². The summed E-state index contributed by atoms with van der Waals surface area (Å²) >= 11 is 0. The Balaban J connectivity index is 2.62. The number of carbonyl (C=O) groups excluding carboxylic acids is 1. The van der Waals surface area contributed by atoms with Crippen molar-refractivity contribution in [3.05, 3.63) is 11.8 Å². The molecular formula is C6H8O3. The third-order valence-electron chi connectivity index (χ3n) is 1.29. The Hall–Kier alpha value is -0.830. The van der Waals surface area contributed by atoms with E-state index in [1.807, 2.05) is 0 Å². The van der Waals surface area contributed by atoms with Gasteiger partial charge in [-0.3, -0.25) is 4.79 Å². The third kappa shape index (κ3) is 1.10. The van der Waals surface area contributed by atoms with Gasteiger partial charge in [0.25, 0.3) is 0 Å². The maximum Gasteiger partial charge on any atom is 0.187 e. The molecule has 3 heteroatoms. The number of rotatable bonds is 1. The quantitative estimate of drug-likeness (QED) is 0.534. The van der Waals surface area contributed by atoms with Gasteiger partial charge in [-0.15, -0.1) is 0 Å². The minimum atomic E-state index is -0.861. The molecule has 1 aliphatic carbocycles. The van der Waals surface area contributed by atoms with Crippen LogP contribution in [0, 0.1) is 0 Å². The maximum absolute atomic E-state index is 10.5. The Labute approximate surface area is 52.9 Å². The van der Waals surface area contributed by atoms with Gasteiger partial charge in [-0.2, -0.15) is 0 Å². The molecule has 3 nitrogen and oxygen atoms in total. The monoisotopic (exact) mass is 128 g/mol. The van der Waals surface area contributed by atoms with Crippen LogP contribution in [-0.4, -0.2) is 24.1 Å². The molecule has 1 aliphatic rings. The second-order valence-corrected chi connectivity index (χ2v) is 1.94. The van der Waals surface area contributed by atoms with Crippen molar-refractivity contribution < 1.29 is 14.6 Å². The first-order valence-electron chi connectivity index (χ1n) is 2.70. The minimum Gasteiger partial charge on any atom is -0.501 e. The average Bonchev–Trinajstić information content (AvgIpc) is 2.13. The normalized spacial score (nSPS) is 26.2. The molecule has 1 unspecified atom stereocenters. The predicted octanol–water partition coefficient (Wildman–Crippen LogP) is -0.150. The van der Waals surface area contributed by atoms with Crippen molar-refractivity contribution in [2.75, 3.05) is 7.11 Å². The van der Waals surface area contributed by atoms with Gasteiger partial charge in [-0.25, -0.2) is 0 Å². The largest absolute Gasteiger partial charge is 0.501 e. The van der Waals surface area contributed by atoms with Crippen LogP contribution in [0.1, 0.15) is 6.42 Å². The highest BCUT2D eigenvalue weighted by molar-refractivity contribution is 5.96. The highest BCUT2D eigenvalue weighted by atomic mass is 16.5. The molecule has 9 heavy (non-hydrogen) atoms. The third-order valence-corrected chi connectivity index (χ3v) is 1.29. The molecule has 0 heterocycles. The number of aliphatic hydroxyl groups excluding tert-OH is 1. The first kappa shape index (κ1) is 6.29. The van der Waals surface area contributed by atoms with E-state index >= 15 is 0 Å². The Morgan fingerprint density at radius 1 is 1.89 bits per heavy atom. The predicted molar refractivity (Wildman–Crippen MR) is 30.7 cm³/mol. The van der Waals surface area contributed by atoms with E-state index in [2.05, 4.69) is 0 Å². The van der Waals surface area contributed by atoms with E-state index < -0.39 is 6.10 Å². The topological polar surface area (TPSA) is 46.5 Å². The second kappa shape index (κ2) is 2.19. The van der Waals surface area contributed by atoms with Crippen molar-refractivity contribution in [1.82, 2.24) is 0 Å². The Bertz CT molecular complexity index is 160. The van der Waals surface area contributed by atoms with Crippen LogP contribution in [0.4, 0.5) is 0 Å². The molecule has 0 radical (unpaired) electrons. The lowest BCUT2D eigenvalue weighted by Crippen LogP contribution is -2.11. The molecule has 0 aromatic rings. The fourth-order valence-corrected chi connectivity index (χ4v) is 0.747. The number of carbonyl (C=O) groups is 1. The van der Waals surface area contributed by atoms with E-state index in [0.29, 0.717) is 12.2 Å². The van der Waals surface area contributed by atoms with Crippen molar-refractivity contribution in [1.29, 1.82) is 0 Å². The van der Waals surface area contributed by atoms with Crippen LogP contribution >= 0.6 is 0 Å². The number of ether oxygens (including phenoxy) is 1. The zero-order valence-electron chi connectivity index (χ0n) is 5.13. The number of methoxy groups -OCH3 is 1. The summed E-state index contributed by atoms with van der Waals surface area (Å²) in [5, 5.41) is 8.82. The SMILES string of the molecule is COC1=CC(=O)C(O)C1. The van der Waals surface area contributed by atoms with Gasteiger partial charge in [-0.05, 0) is 0 Å².